The molecule has 0 unspecified atom stereocenters. The third kappa shape index (κ3) is 2.23. The second-order valence-corrected chi connectivity index (χ2v) is 6.16. The van der Waals surface area contributed by atoms with Gasteiger partial charge >= 0.3 is 0 Å². The third-order valence-corrected chi connectivity index (χ3v) is 4.48. The van der Waals surface area contributed by atoms with Gasteiger partial charge in [-0.2, -0.15) is 0 Å². The first kappa shape index (κ1) is 15.0. The lowest BCUT2D eigenvalue weighted by atomic mass is 10.2. The Bertz CT molecular complexity index is 1190. The van der Waals surface area contributed by atoms with Gasteiger partial charge in [-0.05, 0) is 54.7 Å². The summed E-state index contributed by atoms with van der Waals surface area (Å²) in [6.07, 6.45) is 0. The molecule has 0 saturated carbocycles. The van der Waals surface area contributed by atoms with Crippen LogP contribution in [-0.4, -0.2) is 21.6 Å². The van der Waals surface area contributed by atoms with E-state index in [0.29, 0.717) is 32.3 Å². The van der Waals surface area contributed by atoms with Crippen molar-refractivity contribution in [2.45, 2.75) is 0 Å². The Morgan fingerprint density at radius 3 is 2.54 bits per heavy atom. The quantitative estimate of drug-likeness (QED) is 0.529. The van der Waals surface area contributed by atoms with E-state index in [0.717, 1.165) is 10.9 Å². The van der Waals surface area contributed by atoms with Gasteiger partial charge in [-0.1, -0.05) is 11.6 Å². The van der Waals surface area contributed by atoms with Crippen LogP contribution < -0.4 is 10.3 Å². The fraction of sp³-hybridized carbons (Fsp3) is 0.0588. The van der Waals surface area contributed by atoms with E-state index in [-0.39, 0.29) is 5.56 Å². The Labute approximate surface area is 146 Å². The predicted octanol–water partition coefficient (Wildman–Crippen LogP) is 4.19. The number of nitrogens with one attached hydrogen (secondary N) is 2. The molecule has 7 heteroatoms. The van der Waals surface area contributed by atoms with E-state index in [1.54, 1.807) is 31.4 Å². The summed E-state index contributed by atoms with van der Waals surface area (Å²) in [4.78, 5) is 19.2. The lowest BCUT2D eigenvalue weighted by Crippen LogP contribution is -2.20. The van der Waals surface area contributed by atoms with Gasteiger partial charge in [-0.25, -0.2) is 0 Å². The Morgan fingerprint density at radius 2 is 1.83 bits per heavy atom. The van der Waals surface area contributed by atoms with Crippen molar-refractivity contribution >= 4 is 45.8 Å². The minimum atomic E-state index is -0.216. The molecule has 5 nitrogen and oxygen atoms in total. The number of rotatable bonds is 2. The summed E-state index contributed by atoms with van der Waals surface area (Å²) in [7, 11) is 1.60. The SMILES string of the molecule is COc1ccc2[nH]c3c(=O)n(-c4ccc(Cl)cc4)c(=S)[nH]c3c2c1. The maximum Gasteiger partial charge on any atom is 0.283 e. The molecule has 0 amide bonds. The molecule has 2 aromatic heterocycles. The fourth-order valence-electron chi connectivity index (χ4n) is 2.78. The summed E-state index contributed by atoms with van der Waals surface area (Å²) >= 11 is 11.3. The monoisotopic (exact) mass is 357 g/mol. The van der Waals surface area contributed by atoms with E-state index < -0.39 is 0 Å². The van der Waals surface area contributed by atoms with E-state index in [9.17, 15) is 4.79 Å². The summed E-state index contributed by atoms with van der Waals surface area (Å²) in [5, 5.41) is 1.45. The van der Waals surface area contributed by atoms with Crippen molar-refractivity contribution in [1.29, 1.82) is 0 Å². The molecule has 2 aromatic carbocycles. The van der Waals surface area contributed by atoms with Crippen LogP contribution >= 0.6 is 23.8 Å². The summed E-state index contributed by atoms with van der Waals surface area (Å²) < 4.78 is 7.02. The van der Waals surface area contributed by atoms with Crippen LogP contribution in [0.5, 0.6) is 5.75 Å². The van der Waals surface area contributed by atoms with Gasteiger partial charge in [-0.15, -0.1) is 0 Å². The molecule has 2 N–H and O–H groups in total. The van der Waals surface area contributed by atoms with Crippen molar-refractivity contribution in [1.82, 2.24) is 14.5 Å². The van der Waals surface area contributed by atoms with Crippen molar-refractivity contribution in [3.8, 4) is 11.4 Å². The van der Waals surface area contributed by atoms with E-state index in [1.165, 1.54) is 4.57 Å². The lowest BCUT2D eigenvalue weighted by molar-refractivity contribution is 0.415. The summed E-state index contributed by atoms with van der Waals surface area (Å²) in [6, 6.07) is 12.5. The van der Waals surface area contributed by atoms with Gasteiger partial charge < -0.3 is 14.7 Å². The molecule has 0 radical (unpaired) electrons. The first-order valence-corrected chi connectivity index (χ1v) is 7.98. The van der Waals surface area contributed by atoms with Gasteiger partial charge in [0.25, 0.3) is 5.56 Å². The molecule has 24 heavy (non-hydrogen) atoms. The number of aromatic amines is 2. The summed E-state index contributed by atoms with van der Waals surface area (Å²) in [5.74, 6) is 0.713. The first-order chi connectivity index (χ1) is 11.6. The normalized spacial score (nSPS) is 11.2. The van der Waals surface area contributed by atoms with Crippen LogP contribution in [0.2, 0.25) is 5.02 Å². The molecule has 4 aromatic rings. The largest absolute Gasteiger partial charge is 0.497 e. The molecule has 2 heterocycles. The van der Waals surface area contributed by atoms with Crippen molar-refractivity contribution in [2.24, 2.45) is 0 Å². The van der Waals surface area contributed by atoms with Gasteiger partial charge in [0.2, 0.25) is 0 Å². The molecule has 0 aliphatic rings. The number of fused-ring (bicyclic) bond motifs is 3. The molecule has 0 spiro atoms. The number of ether oxygens (including phenoxy) is 1. The number of hydrogen-bond donors (Lipinski definition) is 2. The second-order valence-electron chi connectivity index (χ2n) is 5.33. The van der Waals surface area contributed by atoms with E-state index in [2.05, 4.69) is 9.97 Å². The van der Waals surface area contributed by atoms with Crippen LogP contribution in [0.4, 0.5) is 0 Å². The number of nitrogens with zero attached hydrogens (tertiary/aromatic N) is 1. The highest BCUT2D eigenvalue weighted by atomic mass is 35.5. The zero-order valence-corrected chi connectivity index (χ0v) is 14.2. The van der Waals surface area contributed by atoms with Crippen LogP contribution in [0, 0.1) is 4.77 Å². The van der Waals surface area contributed by atoms with Gasteiger partial charge in [0.15, 0.2) is 4.77 Å². The zero-order valence-electron chi connectivity index (χ0n) is 12.6. The van der Waals surface area contributed by atoms with E-state index >= 15 is 0 Å². The number of benzene rings is 2. The van der Waals surface area contributed by atoms with Gasteiger partial charge in [0, 0.05) is 15.9 Å². The second kappa shape index (κ2) is 5.51. The van der Waals surface area contributed by atoms with Crippen LogP contribution in [0.3, 0.4) is 0 Å². The Balaban J connectivity index is 2.08. The molecule has 0 aliphatic heterocycles. The molecule has 0 bridgehead atoms. The lowest BCUT2D eigenvalue weighted by Gasteiger charge is -2.06. The molecule has 0 atom stereocenters. The number of aromatic nitrogens is 3. The summed E-state index contributed by atoms with van der Waals surface area (Å²) in [5.41, 5.74) is 2.41. The average molecular weight is 358 g/mol. The fourth-order valence-corrected chi connectivity index (χ4v) is 3.20. The van der Waals surface area contributed by atoms with Gasteiger partial charge in [0.05, 0.1) is 18.3 Å². The topological polar surface area (TPSA) is 62.8 Å². The first-order valence-electron chi connectivity index (χ1n) is 7.19. The van der Waals surface area contributed by atoms with Crippen molar-refractivity contribution in [2.75, 3.05) is 7.11 Å². The van der Waals surface area contributed by atoms with Crippen LogP contribution in [-0.2, 0) is 0 Å². The van der Waals surface area contributed by atoms with Crippen molar-refractivity contribution < 1.29 is 4.74 Å². The summed E-state index contributed by atoms with van der Waals surface area (Å²) in [6.45, 7) is 0. The molecular weight excluding hydrogens is 346 g/mol. The Hall–Kier alpha value is -2.57. The van der Waals surface area contributed by atoms with Gasteiger partial charge in [-0.3, -0.25) is 9.36 Å². The number of H-pyrrole nitrogens is 2. The van der Waals surface area contributed by atoms with Gasteiger partial charge in [0.1, 0.15) is 11.3 Å². The zero-order chi connectivity index (χ0) is 16.8. The highest BCUT2D eigenvalue weighted by molar-refractivity contribution is 7.71. The Morgan fingerprint density at radius 1 is 1.08 bits per heavy atom. The van der Waals surface area contributed by atoms with Crippen molar-refractivity contribution in [3.63, 3.8) is 0 Å². The maximum atomic E-state index is 12.9. The standard InChI is InChI=1S/C17H12ClN3O2S/c1-23-11-6-7-13-12(8-11)14-15(19-13)16(22)21(17(24)20-14)10-4-2-9(18)3-5-10/h2-8,19H,1H3,(H,20,24). The predicted molar refractivity (Wildman–Crippen MR) is 98.1 cm³/mol. The van der Waals surface area contributed by atoms with E-state index in [4.69, 9.17) is 28.6 Å². The molecule has 4 rings (SSSR count). The van der Waals surface area contributed by atoms with Crippen molar-refractivity contribution in [3.05, 3.63) is 62.6 Å². The molecule has 0 saturated heterocycles. The molecule has 0 aliphatic carbocycles. The number of halogens is 1. The van der Waals surface area contributed by atoms with Crippen LogP contribution in [0.1, 0.15) is 0 Å². The smallest absolute Gasteiger partial charge is 0.283 e. The minimum absolute atomic E-state index is 0.216. The maximum absolute atomic E-state index is 12.9. The Kier molecular flexibility index (Phi) is 3.44. The molecular formula is C17H12ClN3O2S. The highest BCUT2D eigenvalue weighted by Gasteiger charge is 2.13. The number of methoxy groups -OCH3 is 1. The molecule has 120 valence electrons. The molecule has 0 fully saturated rings. The van der Waals surface area contributed by atoms with E-state index in [1.807, 2.05) is 18.2 Å². The highest BCUT2D eigenvalue weighted by Crippen LogP contribution is 2.26. The number of hydrogen-bond acceptors (Lipinski definition) is 3. The minimum Gasteiger partial charge on any atom is -0.497 e. The van der Waals surface area contributed by atoms with Crippen LogP contribution in [0.15, 0.2) is 47.3 Å². The third-order valence-electron chi connectivity index (χ3n) is 3.94. The average Bonchev–Trinajstić information content (AvgIpc) is 2.94. The van der Waals surface area contributed by atoms with Crippen LogP contribution in [0.25, 0.3) is 27.6 Å².